The van der Waals surface area contributed by atoms with Crippen LogP contribution in [0.25, 0.3) is 0 Å². The first-order valence-corrected chi connectivity index (χ1v) is 8.74. The molecule has 0 aliphatic rings. The number of nitrogen functional groups attached to an aromatic ring is 1. The highest BCUT2D eigenvalue weighted by Crippen LogP contribution is 2.47. The van der Waals surface area contributed by atoms with Crippen LogP contribution in [0.5, 0.6) is 5.75 Å². The van der Waals surface area contributed by atoms with E-state index in [9.17, 15) is 8.96 Å². The number of hydrogen-bond acceptors (Lipinski definition) is 4. The van der Waals surface area contributed by atoms with Gasteiger partial charge in [0, 0.05) is 12.2 Å². The molecule has 0 aromatic heterocycles. The molecule has 1 aromatic carbocycles. The highest BCUT2D eigenvalue weighted by atomic mass is 35.5. The van der Waals surface area contributed by atoms with Gasteiger partial charge in [-0.25, -0.2) is 4.39 Å². The third-order valence-electron chi connectivity index (χ3n) is 2.59. The Morgan fingerprint density at radius 1 is 1.45 bits per heavy atom. The molecule has 0 aliphatic heterocycles. The smallest absolute Gasteiger partial charge is 0.239 e. The quantitative estimate of drug-likeness (QED) is 0.598. The minimum atomic E-state index is -2.88. The Labute approximate surface area is 123 Å². The first-order valence-electron chi connectivity index (χ1n) is 6.37. The van der Waals surface area contributed by atoms with Crippen LogP contribution >= 0.6 is 19.0 Å². The van der Waals surface area contributed by atoms with Crippen LogP contribution in [-0.2, 0) is 9.09 Å². The summed E-state index contributed by atoms with van der Waals surface area (Å²) in [5.41, 5.74) is 5.38. The van der Waals surface area contributed by atoms with Gasteiger partial charge in [0.15, 0.2) is 6.35 Å². The second kappa shape index (κ2) is 7.30. The van der Waals surface area contributed by atoms with Gasteiger partial charge >= 0.3 is 0 Å². The lowest BCUT2D eigenvalue weighted by atomic mass is 10.2. The molecule has 1 atom stereocenters. The Bertz CT molecular complexity index is 511. The molecule has 0 fully saturated rings. The van der Waals surface area contributed by atoms with E-state index in [1.807, 2.05) is 13.8 Å². The van der Waals surface area contributed by atoms with Gasteiger partial charge in [-0.3, -0.25) is 4.57 Å². The molecule has 1 aromatic rings. The molecule has 0 heterocycles. The molecule has 1 rings (SSSR count). The molecule has 0 spiro atoms. The average Bonchev–Trinajstić information content (AvgIpc) is 2.39. The van der Waals surface area contributed by atoms with Gasteiger partial charge in [-0.15, -0.1) is 0 Å². The van der Waals surface area contributed by atoms with Gasteiger partial charge < -0.3 is 15.0 Å². The van der Waals surface area contributed by atoms with E-state index >= 15 is 0 Å². The van der Waals surface area contributed by atoms with Crippen molar-refractivity contribution in [2.45, 2.75) is 20.8 Å². The number of rotatable bonds is 7. The Balaban J connectivity index is 2.74. The molecule has 4 nitrogen and oxygen atoms in total. The number of ether oxygens (including phenoxy) is 1. The second-order valence-electron chi connectivity index (χ2n) is 4.90. The fourth-order valence-corrected chi connectivity index (χ4v) is 2.88. The normalized spacial score (nSPS) is 14.3. The van der Waals surface area contributed by atoms with E-state index in [1.165, 1.54) is 6.07 Å². The van der Waals surface area contributed by atoms with Crippen LogP contribution in [0.4, 0.5) is 10.1 Å². The highest BCUT2D eigenvalue weighted by Gasteiger charge is 2.23. The zero-order valence-corrected chi connectivity index (χ0v) is 13.5. The summed E-state index contributed by atoms with van der Waals surface area (Å²) in [6.07, 6.45) is 0.245. The summed E-state index contributed by atoms with van der Waals surface area (Å²) in [5.74, 6) is -0.135. The zero-order valence-electron chi connectivity index (χ0n) is 11.9. The van der Waals surface area contributed by atoms with E-state index in [0.29, 0.717) is 12.8 Å². The first-order chi connectivity index (χ1) is 9.27. The minimum Gasteiger partial charge on any atom is -0.482 e. The number of halogens is 2. The molecule has 0 amide bonds. The predicted molar refractivity (Wildman–Crippen MR) is 80.3 cm³/mol. The summed E-state index contributed by atoms with van der Waals surface area (Å²) in [7, 11) is -2.88. The van der Waals surface area contributed by atoms with Crippen LogP contribution in [-0.4, -0.2) is 19.1 Å². The topological polar surface area (TPSA) is 61.5 Å². The van der Waals surface area contributed by atoms with Crippen LogP contribution in [0.3, 0.4) is 0 Å². The van der Waals surface area contributed by atoms with E-state index in [0.717, 1.165) is 6.07 Å². The standard InChI is InChI=1S/C13H20ClFNO3P/c1-4-20(17,19-7-9(2)3)8-18-13-6-12(16)11(15)5-10(13)14/h5-6,9H,4,7-8,16H2,1-3H3. The molecule has 0 saturated carbocycles. The molecule has 2 N–H and O–H groups in total. The van der Waals surface area contributed by atoms with E-state index in [1.54, 1.807) is 6.92 Å². The van der Waals surface area contributed by atoms with Gasteiger partial charge in [-0.05, 0) is 12.0 Å². The molecule has 0 radical (unpaired) electrons. The van der Waals surface area contributed by atoms with Crippen molar-refractivity contribution < 1.29 is 18.2 Å². The van der Waals surface area contributed by atoms with Gasteiger partial charge in [0.1, 0.15) is 11.6 Å². The monoisotopic (exact) mass is 323 g/mol. The molecule has 7 heteroatoms. The van der Waals surface area contributed by atoms with Crippen molar-refractivity contribution in [2.24, 2.45) is 5.92 Å². The van der Waals surface area contributed by atoms with Gasteiger partial charge in [0.05, 0.1) is 17.3 Å². The van der Waals surface area contributed by atoms with Crippen molar-refractivity contribution >= 4 is 24.7 Å². The van der Waals surface area contributed by atoms with E-state index < -0.39 is 13.2 Å². The second-order valence-corrected chi connectivity index (χ2v) is 8.08. The molecule has 114 valence electrons. The lowest BCUT2D eigenvalue weighted by molar-refractivity contribution is 0.251. The van der Waals surface area contributed by atoms with Crippen molar-refractivity contribution in [3.05, 3.63) is 23.0 Å². The molecule has 0 bridgehead atoms. The summed E-state index contributed by atoms with van der Waals surface area (Å²) in [5, 5.41) is 0.0863. The Hall–Kier alpha value is -0.770. The third-order valence-corrected chi connectivity index (χ3v) is 4.99. The Morgan fingerprint density at radius 3 is 2.65 bits per heavy atom. The highest BCUT2D eigenvalue weighted by molar-refractivity contribution is 7.58. The maximum atomic E-state index is 13.2. The number of hydrogen-bond donors (Lipinski definition) is 1. The van der Waals surface area contributed by atoms with Crippen LogP contribution in [0, 0.1) is 11.7 Å². The molecule has 0 aliphatic carbocycles. The third kappa shape index (κ3) is 4.97. The molecular weight excluding hydrogens is 304 g/mol. The minimum absolute atomic E-state index is 0.0705. The predicted octanol–water partition coefficient (Wildman–Crippen LogP) is 4.37. The molecule has 1 unspecified atom stereocenters. The number of anilines is 1. The Kier molecular flexibility index (Phi) is 6.31. The number of benzene rings is 1. The summed E-state index contributed by atoms with van der Waals surface area (Å²) in [6, 6.07) is 2.35. The molecular formula is C13H20ClFNO3P. The van der Waals surface area contributed by atoms with Crippen LogP contribution < -0.4 is 10.5 Å². The fourth-order valence-electron chi connectivity index (χ4n) is 1.33. The zero-order chi connectivity index (χ0) is 15.3. The molecule has 20 heavy (non-hydrogen) atoms. The van der Waals surface area contributed by atoms with E-state index in [4.69, 9.17) is 26.6 Å². The van der Waals surface area contributed by atoms with Gasteiger partial charge in [0.25, 0.3) is 0 Å². The van der Waals surface area contributed by atoms with Crippen molar-refractivity contribution in [3.63, 3.8) is 0 Å². The lowest BCUT2D eigenvalue weighted by Gasteiger charge is -2.19. The summed E-state index contributed by atoms with van der Waals surface area (Å²) >= 11 is 5.85. The largest absolute Gasteiger partial charge is 0.482 e. The summed E-state index contributed by atoms with van der Waals surface area (Å²) < 4.78 is 36.4. The SMILES string of the molecule is CCP(=O)(COc1cc(N)c(F)cc1Cl)OCC(C)C. The van der Waals surface area contributed by atoms with E-state index in [-0.39, 0.29) is 28.7 Å². The van der Waals surface area contributed by atoms with Gasteiger partial charge in [-0.1, -0.05) is 32.4 Å². The summed E-state index contributed by atoms with van der Waals surface area (Å²) in [6.45, 7) is 6.11. The Morgan fingerprint density at radius 2 is 2.10 bits per heavy atom. The molecule has 0 saturated heterocycles. The summed E-state index contributed by atoms with van der Waals surface area (Å²) in [4.78, 5) is 0. The first kappa shape index (κ1) is 17.3. The van der Waals surface area contributed by atoms with Gasteiger partial charge in [0.2, 0.25) is 7.37 Å². The average molecular weight is 324 g/mol. The van der Waals surface area contributed by atoms with Crippen LogP contribution in [0.1, 0.15) is 20.8 Å². The van der Waals surface area contributed by atoms with Crippen molar-refractivity contribution in [1.82, 2.24) is 0 Å². The van der Waals surface area contributed by atoms with Gasteiger partial charge in [-0.2, -0.15) is 0 Å². The van der Waals surface area contributed by atoms with Crippen molar-refractivity contribution in [2.75, 3.05) is 24.9 Å². The lowest BCUT2D eigenvalue weighted by Crippen LogP contribution is -2.08. The number of nitrogens with two attached hydrogens (primary N) is 1. The van der Waals surface area contributed by atoms with Crippen molar-refractivity contribution in [3.8, 4) is 5.75 Å². The van der Waals surface area contributed by atoms with Crippen LogP contribution in [0.2, 0.25) is 5.02 Å². The fraction of sp³-hybridized carbons (Fsp3) is 0.538. The van der Waals surface area contributed by atoms with Crippen LogP contribution in [0.15, 0.2) is 12.1 Å². The maximum absolute atomic E-state index is 13.2. The van der Waals surface area contributed by atoms with E-state index in [2.05, 4.69) is 0 Å². The van der Waals surface area contributed by atoms with Crippen molar-refractivity contribution in [1.29, 1.82) is 0 Å². The maximum Gasteiger partial charge on any atom is 0.239 e.